The Bertz CT molecular complexity index is 676. The standard InChI is InChI=1S/C16H23N5O2/c1-11-7-13(18-23-11)9-20-6-5-14-16(15(20)10-22-2)17-19-21(14)8-12-3-4-12/h7,12,15H,3-6,8-10H2,1-2H3/t15-/m1/s1. The Labute approximate surface area is 135 Å². The number of aryl methyl sites for hydroxylation is 1. The van der Waals surface area contributed by atoms with E-state index >= 15 is 0 Å². The molecule has 0 bridgehead atoms. The number of ether oxygens (including phenoxy) is 1. The molecule has 0 saturated heterocycles. The van der Waals surface area contributed by atoms with Crippen LogP contribution in [-0.2, 0) is 24.2 Å². The summed E-state index contributed by atoms with van der Waals surface area (Å²) < 4.78 is 12.8. The molecule has 1 aliphatic carbocycles. The molecule has 1 atom stereocenters. The molecule has 2 aromatic rings. The minimum absolute atomic E-state index is 0.133. The molecule has 0 radical (unpaired) electrons. The first-order valence-corrected chi connectivity index (χ1v) is 8.32. The maximum atomic E-state index is 5.45. The summed E-state index contributed by atoms with van der Waals surface area (Å²) >= 11 is 0. The van der Waals surface area contributed by atoms with E-state index in [4.69, 9.17) is 9.26 Å². The van der Waals surface area contributed by atoms with Crippen LogP contribution in [0, 0.1) is 12.8 Å². The molecule has 1 saturated carbocycles. The van der Waals surface area contributed by atoms with Crippen LogP contribution in [0.1, 0.15) is 41.7 Å². The van der Waals surface area contributed by atoms with Crippen molar-refractivity contribution in [3.8, 4) is 0 Å². The first kappa shape index (κ1) is 14.8. The molecule has 2 aromatic heterocycles. The van der Waals surface area contributed by atoms with Gasteiger partial charge in [-0.25, -0.2) is 4.68 Å². The van der Waals surface area contributed by atoms with Crippen molar-refractivity contribution in [3.05, 3.63) is 28.9 Å². The van der Waals surface area contributed by atoms with Crippen LogP contribution >= 0.6 is 0 Å². The highest BCUT2D eigenvalue weighted by Gasteiger charge is 2.34. The lowest BCUT2D eigenvalue weighted by atomic mass is 10.0. The van der Waals surface area contributed by atoms with Crippen molar-refractivity contribution in [2.24, 2.45) is 5.92 Å². The second kappa shape index (κ2) is 6.05. The van der Waals surface area contributed by atoms with Crippen LogP contribution < -0.4 is 0 Å². The molecule has 23 heavy (non-hydrogen) atoms. The molecule has 0 spiro atoms. The lowest BCUT2D eigenvalue weighted by molar-refractivity contribution is 0.0734. The zero-order chi connectivity index (χ0) is 15.8. The van der Waals surface area contributed by atoms with Gasteiger partial charge in [0.25, 0.3) is 0 Å². The fourth-order valence-corrected chi connectivity index (χ4v) is 3.36. The first-order chi connectivity index (χ1) is 11.2. The van der Waals surface area contributed by atoms with Crippen molar-refractivity contribution in [2.75, 3.05) is 20.3 Å². The number of rotatable bonds is 6. The second-order valence-corrected chi connectivity index (χ2v) is 6.67. The summed E-state index contributed by atoms with van der Waals surface area (Å²) in [6.07, 6.45) is 3.63. The van der Waals surface area contributed by atoms with Crippen LogP contribution in [0.25, 0.3) is 0 Å². The molecule has 124 valence electrons. The molecular formula is C16H23N5O2. The highest BCUT2D eigenvalue weighted by atomic mass is 16.5. The van der Waals surface area contributed by atoms with Crippen LogP contribution in [0.15, 0.2) is 10.6 Å². The predicted octanol–water partition coefficient (Wildman–Crippen LogP) is 1.73. The van der Waals surface area contributed by atoms with Gasteiger partial charge in [0.15, 0.2) is 0 Å². The van der Waals surface area contributed by atoms with E-state index in [-0.39, 0.29) is 6.04 Å². The molecule has 7 heteroatoms. The molecule has 0 unspecified atom stereocenters. The lowest BCUT2D eigenvalue weighted by Gasteiger charge is -2.33. The summed E-state index contributed by atoms with van der Waals surface area (Å²) in [6.45, 7) is 5.27. The molecule has 2 aliphatic rings. The summed E-state index contributed by atoms with van der Waals surface area (Å²) in [4.78, 5) is 2.36. The van der Waals surface area contributed by atoms with Gasteiger partial charge in [-0.2, -0.15) is 0 Å². The Morgan fingerprint density at radius 3 is 2.96 bits per heavy atom. The van der Waals surface area contributed by atoms with Crippen molar-refractivity contribution in [1.29, 1.82) is 0 Å². The third-order valence-electron chi connectivity index (χ3n) is 4.75. The molecule has 1 aliphatic heterocycles. The predicted molar refractivity (Wildman–Crippen MR) is 82.7 cm³/mol. The number of nitrogens with zero attached hydrogens (tertiary/aromatic N) is 5. The van der Waals surface area contributed by atoms with E-state index in [2.05, 4.69) is 25.1 Å². The van der Waals surface area contributed by atoms with Crippen LogP contribution in [0.2, 0.25) is 0 Å². The maximum Gasteiger partial charge on any atom is 0.133 e. The van der Waals surface area contributed by atoms with Gasteiger partial charge in [0.05, 0.1) is 24.0 Å². The summed E-state index contributed by atoms with van der Waals surface area (Å²) in [5.74, 6) is 1.65. The third kappa shape index (κ3) is 3.03. The third-order valence-corrected chi connectivity index (χ3v) is 4.75. The average Bonchev–Trinajstić information content (AvgIpc) is 3.12. The molecular weight excluding hydrogens is 294 g/mol. The number of methoxy groups -OCH3 is 1. The molecule has 7 nitrogen and oxygen atoms in total. The molecule has 0 aromatic carbocycles. The Kier molecular flexibility index (Phi) is 3.90. The normalized spacial score (nSPS) is 21.6. The van der Waals surface area contributed by atoms with Gasteiger partial charge in [0, 0.05) is 39.2 Å². The number of aromatic nitrogens is 4. The van der Waals surface area contributed by atoms with Crippen molar-refractivity contribution < 1.29 is 9.26 Å². The van der Waals surface area contributed by atoms with E-state index < -0.39 is 0 Å². The maximum absolute atomic E-state index is 5.45. The van der Waals surface area contributed by atoms with Gasteiger partial charge in [-0.15, -0.1) is 5.10 Å². The summed E-state index contributed by atoms with van der Waals surface area (Å²) in [6, 6.07) is 2.12. The van der Waals surface area contributed by atoms with Crippen molar-refractivity contribution in [3.63, 3.8) is 0 Å². The smallest absolute Gasteiger partial charge is 0.133 e. The molecule has 0 amide bonds. The van der Waals surface area contributed by atoms with E-state index in [9.17, 15) is 0 Å². The monoisotopic (exact) mass is 317 g/mol. The van der Waals surface area contributed by atoms with Crippen molar-refractivity contribution in [1.82, 2.24) is 25.1 Å². The van der Waals surface area contributed by atoms with E-state index in [1.165, 1.54) is 18.5 Å². The van der Waals surface area contributed by atoms with Gasteiger partial charge >= 0.3 is 0 Å². The SMILES string of the molecule is COC[C@@H]1c2nnn(CC3CC3)c2CCN1Cc1cc(C)on1. The largest absolute Gasteiger partial charge is 0.383 e. The Morgan fingerprint density at radius 2 is 2.26 bits per heavy atom. The molecule has 4 rings (SSSR count). The van der Waals surface area contributed by atoms with Crippen molar-refractivity contribution in [2.45, 2.75) is 45.3 Å². The second-order valence-electron chi connectivity index (χ2n) is 6.67. The minimum Gasteiger partial charge on any atom is -0.383 e. The van der Waals surface area contributed by atoms with Crippen molar-refractivity contribution >= 4 is 0 Å². The summed E-state index contributed by atoms with van der Waals surface area (Å²) in [7, 11) is 1.74. The zero-order valence-corrected chi connectivity index (χ0v) is 13.7. The highest BCUT2D eigenvalue weighted by molar-refractivity contribution is 5.20. The van der Waals surface area contributed by atoms with Crippen LogP contribution in [0.3, 0.4) is 0 Å². The number of hydrogen-bond acceptors (Lipinski definition) is 6. The fraction of sp³-hybridized carbons (Fsp3) is 0.688. The molecule has 1 fully saturated rings. The average molecular weight is 317 g/mol. The van der Waals surface area contributed by atoms with E-state index in [1.54, 1.807) is 7.11 Å². The van der Waals surface area contributed by atoms with E-state index in [0.29, 0.717) is 6.61 Å². The van der Waals surface area contributed by atoms with Crippen LogP contribution in [0.5, 0.6) is 0 Å². The topological polar surface area (TPSA) is 69.2 Å². The molecule has 0 N–H and O–H groups in total. The number of hydrogen-bond donors (Lipinski definition) is 0. The fourth-order valence-electron chi connectivity index (χ4n) is 3.36. The van der Waals surface area contributed by atoms with E-state index in [1.807, 2.05) is 13.0 Å². The minimum atomic E-state index is 0.133. The van der Waals surface area contributed by atoms with Gasteiger partial charge in [-0.1, -0.05) is 10.4 Å². The van der Waals surface area contributed by atoms with Gasteiger partial charge < -0.3 is 9.26 Å². The van der Waals surface area contributed by atoms with Gasteiger partial charge in [0.2, 0.25) is 0 Å². The summed E-state index contributed by atoms with van der Waals surface area (Å²) in [5.41, 5.74) is 3.31. The van der Waals surface area contributed by atoms with Gasteiger partial charge in [-0.05, 0) is 25.7 Å². The Morgan fingerprint density at radius 1 is 1.39 bits per heavy atom. The lowest BCUT2D eigenvalue weighted by Crippen LogP contribution is -2.38. The number of fused-ring (bicyclic) bond motifs is 1. The van der Waals surface area contributed by atoms with Crippen LogP contribution in [0.4, 0.5) is 0 Å². The summed E-state index contributed by atoms with van der Waals surface area (Å²) in [5, 5.41) is 13.0. The van der Waals surface area contributed by atoms with Gasteiger partial charge in [0.1, 0.15) is 11.5 Å². The molecule has 3 heterocycles. The first-order valence-electron chi connectivity index (χ1n) is 8.32. The van der Waals surface area contributed by atoms with Gasteiger partial charge in [-0.3, -0.25) is 4.90 Å². The van der Waals surface area contributed by atoms with E-state index in [0.717, 1.165) is 49.1 Å². The quantitative estimate of drug-likeness (QED) is 0.808. The van der Waals surface area contributed by atoms with Crippen LogP contribution in [-0.4, -0.2) is 45.3 Å². The Hall–Kier alpha value is -1.73. The zero-order valence-electron chi connectivity index (χ0n) is 13.7. The highest BCUT2D eigenvalue weighted by Crippen LogP contribution is 2.34. The Balaban J connectivity index is 1.56.